The molecule has 0 aliphatic rings. The fourth-order valence-electron chi connectivity index (χ4n) is 2.21. The van der Waals surface area contributed by atoms with E-state index < -0.39 is 0 Å². The first-order valence-corrected chi connectivity index (χ1v) is 8.20. The van der Waals surface area contributed by atoms with Crippen LogP contribution in [0.15, 0.2) is 61.2 Å². The second-order valence-electron chi connectivity index (χ2n) is 4.49. The van der Waals surface area contributed by atoms with E-state index in [2.05, 4.69) is 32.1 Å². The molecule has 0 amide bonds. The Morgan fingerprint density at radius 2 is 1.05 bits per heavy atom. The van der Waals surface area contributed by atoms with Crippen LogP contribution in [-0.4, -0.2) is 34.9 Å². The zero-order valence-electron chi connectivity index (χ0n) is 11.0. The summed E-state index contributed by atoms with van der Waals surface area (Å²) in [4.78, 5) is 17.6. The molecule has 0 N–H and O–H groups in total. The van der Waals surface area contributed by atoms with E-state index in [4.69, 9.17) is 0 Å². The molecule has 0 saturated carbocycles. The van der Waals surface area contributed by atoms with Gasteiger partial charge in [0.1, 0.15) is 0 Å². The summed E-state index contributed by atoms with van der Waals surface area (Å²) in [6.45, 7) is 0. The minimum absolute atomic E-state index is 0.0189. The molecule has 100 valence electrons. The van der Waals surface area contributed by atoms with Gasteiger partial charge in [0.2, 0.25) is 0 Å². The van der Waals surface area contributed by atoms with Gasteiger partial charge in [0, 0.05) is 0 Å². The Morgan fingerprint density at radius 1 is 0.571 bits per heavy atom. The van der Waals surface area contributed by atoms with Gasteiger partial charge in [-0.15, -0.1) is 0 Å². The number of hydrogen-bond acceptors (Lipinski definition) is 4. The Balaban J connectivity index is 1.87. The normalized spacial score (nSPS) is 11.0. The predicted octanol–water partition coefficient (Wildman–Crippen LogP) is 1.23. The second kappa shape index (κ2) is 5.20. The Bertz CT molecular complexity index is 851. The molecule has 0 fully saturated rings. The van der Waals surface area contributed by atoms with Gasteiger partial charge in [-0.1, -0.05) is 0 Å². The number of rotatable bonds is 2. The molecule has 0 spiro atoms. The summed E-state index contributed by atoms with van der Waals surface area (Å²) >= 11 is 0.0189. The van der Waals surface area contributed by atoms with Crippen molar-refractivity contribution in [1.82, 2.24) is 19.9 Å². The van der Waals surface area contributed by atoms with E-state index in [1.165, 1.54) is 0 Å². The Kier molecular flexibility index (Phi) is 3.07. The number of benzene rings is 2. The van der Waals surface area contributed by atoms with Crippen LogP contribution >= 0.6 is 0 Å². The SMILES string of the molecule is c1ccc2c([Se]c3ncnc4ccccc34)ncnc2c1. The van der Waals surface area contributed by atoms with Gasteiger partial charge in [-0.05, 0) is 0 Å². The Morgan fingerprint density at radius 3 is 1.57 bits per heavy atom. The molecule has 2 aromatic carbocycles. The van der Waals surface area contributed by atoms with Crippen molar-refractivity contribution in [3.05, 3.63) is 61.2 Å². The third-order valence-electron chi connectivity index (χ3n) is 3.21. The van der Waals surface area contributed by atoms with E-state index >= 15 is 0 Å². The van der Waals surface area contributed by atoms with Crippen molar-refractivity contribution in [3.63, 3.8) is 0 Å². The first kappa shape index (κ1) is 12.4. The molecule has 2 heterocycles. The van der Waals surface area contributed by atoms with E-state index in [0.717, 1.165) is 31.0 Å². The molecule has 4 rings (SSSR count). The van der Waals surface area contributed by atoms with Crippen LogP contribution in [0.1, 0.15) is 0 Å². The number of hydrogen-bond donors (Lipinski definition) is 0. The maximum absolute atomic E-state index is 4.47. The molecule has 0 saturated heterocycles. The number of aromatic nitrogens is 4. The third-order valence-corrected chi connectivity index (χ3v) is 5.38. The molecule has 0 atom stereocenters. The molecule has 2 aromatic heterocycles. The predicted molar refractivity (Wildman–Crippen MR) is 84.1 cm³/mol. The van der Waals surface area contributed by atoms with Gasteiger partial charge in [-0.3, -0.25) is 0 Å². The van der Waals surface area contributed by atoms with Gasteiger partial charge >= 0.3 is 127 Å². The standard InChI is InChI=1S/C16H10N4Se/c1-3-7-13-11(5-1)15(19-9-17-13)21-16-12-6-2-4-8-14(12)18-10-20-16/h1-10H. The molecule has 4 nitrogen and oxygen atoms in total. The number of fused-ring (bicyclic) bond motifs is 2. The van der Waals surface area contributed by atoms with Crippen molar-refractivity contribution in [2.24, 2.45) is 0 Å². The summed E-state index contributed by atoms with van der Waals surface area (Å²) in [6, 6.07) is 16.2. The average molecular weight is 337 g/mol. The van der Waals surface area contributed by atoms with Crippen LogP contribution in [0.5, 0.6) is 0 Å². The zero-order valence-corrected chi connectivity index (χ0v) is 12.7. The van der Waals surface area contributed by atoms with Gasteiger partial charge in [0.25, 0.3) is 0 Å². The van der Waals surface area contributed by atoms with E-state index in [-0.39, 0.29) is 15.0 Å². The van der Waals surface area contributed by atoms with E-state index in [9.17, 15) is 0 Å². The Hall–Kier alpha value is -2.36. The van der Waals surface area contributed by atoms with E-state index in [0.29, 0.717) is 0 Å². The van der Waals surface area contributed by atoms with Crippen LogP contribution in [0, 0.1) is 0 Å². The van der Waals surface area contributed by atoms with E-state index in [1.54, 1.807) is 12.7 Å². The maximum atomic E-state index is 4.47. The van der Waals surface area contributed by atoms with Crippen LogP contribution in [0.25, 0.3) is 21.8 Å². The molecule has 4 aromatic rings. The van der Waals surface area contributed by atoms with Crippen molar-refractivity contribution in [2.75, 3.05) is 0 Å². The second-order valence-corrected chi connectivity index (χ2v) is 6.54. The molecule has 0 bridgehead atoms. The van der Waals surface area contributed by atoms with Crippen molar-refractivity contribution in [2.45, 2.75) is 0 Å². The molecular formula is C16H10N4Se. The van der Waals surface area contributed by atoms with Gasteiger partial charge in [-0.2, -0.15) is 0 Å². The number of nitrogens with zero attached hydrogens (tertiary/aromatic N) is 4. The molecule has 0 aliphatic heterocycles. The van der Waals surface area contributed by atoms with E-state index in [1.807, 2.05) is 36.4 Å². The molecular weight excluding hydrogens is 327 g/mol. The fourth-order valence-corrected chi connectivity index (χ4v) is 4.20. The topological polar surface area (TPSA) is 51.6 Å². The fraction of sp³-hybridized carbons (Fsp3) is 0. The van der Waals surface area contributed by atoms with Gasteiger partial charge < -0.3 is 0 Å². The quantitative estimate of drug-likeness (QED) is 0.516. The number of para-hydroxylation sites is 2. The first-order chi connectivity index (χ1) is 10.4. The molecule has 21 heavy (non-hydrogen) atoms. The summed E-state index contributed by atoms with van der Waals surface area (Å²) in [5.74, 6) is 0. The summed E-state index contributed by atoms with van der Waals surface area (Å²) in [5.41, 5.74) is 1.95. The van der Waals surface area contributed by atoms with Crippen LogP contribution < -0.4 is 9.18 Å². The monoisotopic (exact) mass is 338 g/mol. The molecule has 0 aliphatic carbocycles. The summed E-state index contributed by atoms with van der Waals surface area (Å²) in [5, 5.41) is 2.20. The van der Waals surface area contributed by atoms with Crippen LogP contribution in [0.2, 0.25) is 0 Å². The van der Waals surface area contributed by atoms with Crippen LogP contribution in [-0.2, 0) is 0 Å². The summed E-state index contributed by atoms with van der Waals surface area (Å²) in [7, 11) is 0. The molecule has 5 heteroatoms. The van der Waals surface area contributed by atoms with Gasteiger partial charge in [-0.25, -0.2) is 0 Å². The van der Waals surface area contributed by atoms with Gasteiger partial charge in [0.15, 0.2) is 0 Å². The Labute approximate surface area is 127 Å². The van der Waals surface area contributed by atoms with Crippen molar-refractivity contribution in [3.8, 4) is 0 Å². The van der Waals surface area contributed by atoms with Crippen LogP contribution in [0.4, 0.5) is 0 Å². The molecule has 0 unspecified atom stereocenters. The third kappa shape index (κ3) is 2.27. The van der Waals surface area contributed by atoms with Crippen molar-refractivity contribution >= 4 is 45.9 Å². The molecule has 0 radical (unpaired) electrons. The zero-order chi connectivity index (χ0) is 14.1. The van der Waals surface area contributed by atoms with Crippen molar-refractivity contribution in [1.29, 1.82) is 0 Å². The summed E-state index contributed by atoms with van der Waals surface area (Å²) < 4.78 is 2.11. The van der Waals surface area contributed by atoms with Gasteiger partial charge in [0.05, 0.1) is 0 Å². The van der Waals surface area contributed by atoms with Crippen molar-refractivity contribution < 1.29 is 0 Å². The average Bonchev–Trinajstić information content (AvgIpc) is 2.56. The van der Waals surface area contributed by atoms with Crippen LogP contribution in [0.3, 0.4) is 0 Å². The first-order valence-electron chi connectivity index (χ1n) is 6.49. The summed E-state index contributed by atoms with van der Waals surface area (Å²) in [6.07, 6.45) is 3.26. The minimum atomic E-state index is 0.0189.